The molecule has 1 aromatic heterocycles. The van der Waals surface area contributed by atoms with Gasteiger partial charge in [0.05, 0.1) is 12.1 Å². The summed E-state index contributed by atoms with van der Waals surface area (Å²) in [5, 5.41) is 19.9. The van der Waals surface area contributed by atoms with E-state index < -0.39 is 34.6 Å². The van der Waals surface area contributed by atoms with Crippen LogP contribution in [-0.2, 0) is 39.8 Å². The van der Waals surface area contributed by atoms with Crippen molar-refractivity contribution in [2.45, 2.75) is 35.8 Å². The zero-order valence-corrected chi connectivity index (χ0v) is 23.7. The van der Waals surface area contributed by atoms with Gasteiger partial charge in [-0.25, -0.2) is 9.00 Å². The Kier molecular flexibility index (Phi) is 10.3. The van der Waals surface area contributed by atoms with Gasteiger partial charge in [-0.05, 0) is 47.4 Å². The summed E-state index contributed by atoms with van der Waals surface area (Å²) >= 11 is 1.00. The van der Waals surface area contributed by atoms with Crippen LogP contribution in [0.15, 0.2) is 101 Å². The number of rotatable bonds is 11. The minimum atomic E-state index is -4.59. The van der Waals surface area contributed by atoms with Gasteiger partial charge in [0.1, 0.15) is 4.21 Å². The first kappa shape index (κ1) is 31.1. The van der Waals surface area contributed by atoms with Crippen molar-refractivity contribution in [3.05, 3.63) is 124 Å². The van der Waals surface area contributed by atoms with Crippen molar-refractivity contribution in [3.63, 3.8) is 0 Å². The van der Waals surface area contributed by atoms with E-state index in [9.17, 15) is 37.3 Å². The molecule has 0 aliphatic carbocycles. The summed E-state index contributed by atoms with van der Waals surface area (Å²) in [7, 11) is -1.96. The molecule has 0 spiro atoms. The summed E-state index contributed by atoms with van der Waals surface area (Å²) in [5.41, 5.74) is 1.28. The predicted octanol–water partition coefficient (Wildman–Crippen LogP) is 6.32. The van der Waals surface area contributed by atoms with Crippen molar-refractivity contribution in [1.82, 2.24) is 9.37 Å². The molecule has 220 valence electrons. The van der Waals surface area contributed by atoms with Gasteiger partial charge in [-0.1, -0.05) is 72.8 Å². The van der Waals surface area contributed by atoms with Gasteiger partial charge in [-0.15, -0.1) is 15.8 Å². The van der Waals surface area contributed by atoms with Crippen molar-refractivity contribution in [3.8, 4) is 0 Å². The molecule has 3 aromatic carbocycles. The normalized spacial score (nSPS) is 12.4. The summed E-state index contributed by atoms with van der Waals surface area (Å²) in [5.74, 6) is -3.10. The van der Waals surface area contributed by atoms with Crippen LogP contribution in [0, 0.1) is 0 Å². The Morgan fingerprint density at radius 3 is 2.05 bits per heavy atom. The van der Waals surface area contributed by atoms with Crippen LogP contribution in [0.3, 0.4) is 0 Å². The highest BCUT2D eigenvalue weighted by atomic mass is 32.2. The summed E-state index contributed by atoms with van der Waals surface area (Å²) in [4.78, 5) is 25.1. The number of alkyl halides is 3. The maximum Gasteiger partial charge on any atom is 0.416 e. The fraction of sp³-hybridized carbons (Fsp3) is 0.200. The summed E-state index contributed by atoms with van der Waals surface area (Å²) in [6, 6.07) is 26.8. The Morgan fingerprint density at radius 2 is 1.48 bits per heavy atom. The SMILES string of the molecule is O=C(O)C(=O)N(Cc1cccc(C(F)(F)F)c1)Cc1ccc(S(=O)N(O)CCC(c2ccccc2)c2ccccc2)s1. The molecule has 7 nitrogen and oxygen atoms in total. The Balaban J connectivity index is 1.45. The molecule has 1 unspecified atom stereocenters. The van der Waals surface area contributed by atoms with E-state index >= 15 is 0 Å². The number of hydrogen-bond acceptors (Lipinski definition) is 5. The van der Waals surface area contributed by atoms with E-state index in [2.05, 4.69) is 0 Å². The molecule has 0 saturated heterocycles. The van der Waals surface area contributed by atoms with E-state index in [0.29, 0.717) is 11.3 Å². The smallest absolute Gasteiger partial charge is 0.416 e. The molecule has 0 aliphatic rings. The zero-order chi connectivity index (χ0) is 30.3. The molecular formula is C30H27F3N2O5S2. The third-order valence-electron chi connectivity index (χ3n) is 6.46. The van der Waals surface area contributed by atoms with Crippen LogP contribution in [0.2, 0.25) is 0 Å². The van der Waals surface area contributed by atoms with Gasteiger partial charge in [-0.2, -0.15) is 13.2 Å². The van der Waals surface area contributed by atoms with Gasteiger partial charge in [0.2, 0.25) is 0 Å². The molecule has 12 heteroatoms. The number of carbonyl (C=O) groups is 2. The number of benzene rings is 3. The van der Waals surface area contributed by atoms with E-state index in [1.165, 1.54) is 24.3 Å². The summed E-state index contributed by atoms with van der Waals surface area (Å²) in [6.45, 7) is -0.538. The van der Waals surface area contributed by atoms with Crippen molar-refractivity contribution in [1.29, 1.82) is 0 Å². The van der Waals surface area contributed by atoms with Crippen LogP contribution in [0.4, 0.5) is 13.2 Å². The largest absolute Gasteiger partial charge is 0.474 e. The molecule has 0 aliphatic heterocycles. The second kappa shape index (κ2) is 13.9. The van der Waals surface area contributed by atoms with Gasteiger partial charge in [0.15, 0.2) is 11.0 Å². The molecule has 42 heavy (non-hydrogen) atoms. The lowest BCUT2D eigenvalue weighted by atomic mass is 9.89. The van der Waals surface area contributed by atoms with Crippen LogP contribution in [0.25, 0.3) is 0 Å². The average molecular weight is 617 g/mol. The number of nitrogens with zero attached hydrogens (tertiary/aromatic N) is 2. The number of carbonyl (C=O) groups excluding carboxylic acids is 1. The van der Waals surface area contributed by atoms with Gasteiger partial charge in [0, 0.05) is 23.9 Å². The second-order valence-electron chi connectivity index (χ2n) is 9.37. The highest BCUT2D eigenvalue weighted by Crippen LogP contribution is 2.31. The lowest BCUT2D eigenvalue weighted by molar-refractivity contribution is -0.156. The fourth-order valence-corrected chi connectivity index (χ4v) is 6.73. The monoisotopic (exact) mass is 616 g/mol. The predicted molar refractivity (Wildman–Crippen MR) is 152 cm³/mol. The highest BCUT2D eigenvalue weighted by Gasteiger charge is 2.31. The van der Waals surface area contributed by atoms with E-state index in [4.69, 9.17) is 0 Å². The Morgan fingerprint density at radius 1 is 0.857 bits per heavy atom. The number of hydrogen-bond donors (Lipinski definition) is 2. The number of thiophene rings is 1. The maximum atomic E-state index is 13.1. The van der Waals surface area contributed by atoms with E-state index in [1.807, 2.05) is 60.7 Å². The molecule has 4 aromatic rings. The number of aliphatic carboxylic acids is 1. The van der Waals surface area contributed by atoms with E-state index in [1.54, 1.807) is 0 Å². The molecule has 0 radical (unpaired) electrons. The van der Waals surface area contributed by atoms with Crippen molar-refractivity contribution >= 4 is 34.2 Å². The van der Waals surface area contributed by atoms with Crippen LogP contribution in [0.1, 0.15) is 39.5 Å². The van der Waals surface area contributed by atoms with Crippen LogP contribution < -0.4 is 0 Å². The van der Waals surface area contributed by atoms with Gasteiger partial charge < -0.3 is 15.2 Å². The minimum absolute atomic E-state index is 0.0515. The molecule has 1 heterocycles. The Hall–Kier alpha value is -3.84. The summed E-state index contributed by atoms with van der Waals surface area (Å²) < 4.78 is 53.5. The quantitative estimate of drug-likeness (QED) is 0.152. The van der Waals surface area contributed by atoms with Crippen molar-refractivity contribution < 1.29 is 37.3 Å². The number of amides is 1. The van der Waals surface area contributed by atoms with Crippen LogP contribution in [0.5, 0.6) is 0 Å². The third-order valence-corrected chi connectivity index (χ3v) is 9.05. The molecule has 0 bridgehead atoms. The molecule has 4 rings (SSSR count). The second-order valence-corrected chi connectivity index (χ2v) is 12.2. The third kappa shape index (κ3) is 8.13. The number of hydroxylamine groups is 1. The standard InChI is InChI=1S/C30H27F3N2O5S2/c31-30(32,33)24-13-7-8-21(18-24)19-34(28(36)29(37)38)20-25-14-15-27(41-25)42(40)35(39)17-16-26(22-9-3-1-4-10-22)23-11-5-2-6-12-23/h1-15,18,26,39H,16-17,19-20H2,(H,37,38). The molecule has 0 saturated carbocycles. The van der Waals surface area contributed by atoms with E-state index in [-0.39, 0.29) is 35.3 Å². The van der Waals surface area contributed by atoms with Gasteiger partial charge in [0.25, 0.3) is 0 Å². The number of carboxylic acids is 1. The Bertz CT molecular complexity index is 1490. The minimum Gasteiger partial charge on any atom is -0.474 e. The number of carboxylic acid groups (broad SMARTS) is 1. The topological polar surface area (TPSA) is 98.2 Å². The molecule has 2 N–H and O–H groups in total. The number of halogens is 3. The Labute approximate surface area is 247 Å². The maximum absolute atomic E-state index is 13.1. The fourth-order valence-electron chi connectivity index (χ4n) is 4.45. The molecule has 1 atom stereocenters. The van der Waals surface area contributed by atoms with Crippen molar-refractivity contribution in [2.75, 3.05) is 6.54 Å². The lowest BCUT2D eigenvalue weighted by Crippen LogP contribution is -2.35. The van der Waals surface area contributed by atoms with Crippen molar-refractivity contribution in [2.24, 2.45) is 0 Å². The summed E-state index contributed by atoms with van der Waals surface area (Å²) in [6.07, 6.45) is -4.13. The molecular weight excluding hydrogens is 589 g/mol. The van der Waals surface area contributed by atoms with Crippen LogP contribution >= 0.6 is 11.3 Å². The van der Waals surface area contributed by atoms with Gasteiger partial charge in [-0.3, -0.25) is 4.79 Å². The average Bonchev–Trinajstić information content (AvgIpc) is 3.45. The first-order valence-electron chi connectivity index (χ1n) is 12.8. The lowest BCUT2D eigenvalue weighted by Gasteiger charge is -2.21. The highest BCUT2D eigenvalue weighted by molar-refractivity contribution is 7.84. The van der Waals surface area contributed by atoms with E-state index in [0.717, 1.165) is 44.0 Å². The zero-order valence-electron chi connectivity index (χ0n) is 22.1. The first-order valence-corrected chi connectivity index (χ1v) is 14.7. The molecule has 0 fully saturated rings. The van der Waals surface area contributed by atoms with Crippen LogP contribution in [-0.4, -0.2) is 42.3 Å². The van der Waals surface area contributed by atoms with Gasteiger partial charge >= 0.3 is 18.1 Å². The first-order chi connectivity index (χ1) is 20.0. The molecule has 1 amide bonds.